The zero-order valence-corrected chi connectivity index (χ0v) is 12.9. The van der Waals surface area contributed by atoms with Crippen LogP contribution in [0.4, 0.5) is 18.0 Å². The second-order valence-electron chi connectivity index (χ2n) is 5.10. The minimum absolute atomic E-state index is 0.0928. The number of nitrogens with two attached hydrogens (primary N) is 1. The first-order valence-corrected chi connectivity index (χ1v) is 8.01. The number of carbonyl (C=O) groups excluding carboxylic acids is 2. The summed E-state index contributed by atoms with van der Waals surface area (Å²) in [6.07, 6.45) is -4.41. The Bertz CT molecular complexity index is 595. The van der Waals surface area contributed by atoms with Crippen LogP contribution in [0, 0.1) is 0 Å². The molecule has 0 saturated carbocycles. The lowest BCUT2D eigenvalue weighted by Crippen LogP contribution is -2.46. The van der Waals surface area contributed by atoms with Crippen LogP contribution in [0.1, 0.15) is 17.2 Å². The van der Waals surface area contributed by atoms with Gasteiger partial charge in [-0.25, -0.2) is 4.79 Å². The number of imide groups is 1. The first-order valence-electron chi connectivity index (χ1n) is 6.85. The lowest BCUT2D eigenvalue weighted by atomic mass is 10.0. The van der Waals surface area contributed by atoms with Gasteiger partial charge < -0.3 is 5.73 Å². The number of benzene rings is 1. The van der Waals surface area contributed by atoms with E-state index in [1.54, 1.807) is 22.7 Å². The van der Waals surface area contributed by atoms with E-state index in [1.807, 2.05) is 5.32 Å². The van der Waals surface area contributed by atoms with E-state index in [0.717, 1.165) is 17.9 Å². The highest BCUT2D eigenvalue weighted by Crippen LogP contribution is 2.34. The number of nitrogens with zero attached hydrogens (tertiary/aromatic N) is 1. The Morgan fingerprint density at radius 1 is 1.39 bits per heavy atom. The molecule has 126 valence electrons. The Morgan fingerprint density at radius 3 is 2.78 bits per heavy atom. The number of primary amides is 1. The second kappa shape index (κ2) is 7.22. The monoisotopic (exact) mass is 347 g/mol. The van der Waals surface area contributed by atoms with E-state index in [4.69, 9.17) is 5.73 Å². The van der Waals surface area contributed by atoms with E-state index < -0.39 is 23.7 Å². The molecule has 1 aromatic rings. The van der Waals surface area contributed by atoms with E-state index in [0.29, 0.717) is 17.9 Å². The average molecular weight is 347 g/mol. The minimum atomic E-state index is -4.41. The predicted molar refractivity (Wildman–Crippen MR) is 80.8 cm³/mol. The quantitative estimate of drug-likeness (QED) is 0.877. The van der Waals surface area contributed by atoms with Crippen molar-refractivity contribution < 1.29 is 22.8 Å². The molecule has 0 aliphatic carbocycles. The molecule has 1 aliphatic heterocycles. The molecule has 0 aromatic heterocycles. The Balaban J connectivity index is 2.18. The van der Waals surface area contributed by atoms with Crippen LogP contribution >= 0.6 is 11.8 Å². The summed E-state index contributed by atoms with van der Waals surface area (Å²) in [4.78, 5) is 24.1. The van der Waals surface area contributed by atoms with E-state index >= 15 is 0 Å². The first kappa shape index (κ1) is 17.6. The number of thioether (sulfide) groups is 1. The van der Waals surface area contributed by atoms with E-state index in [9.17, 15) is 22.8 Å². The molecule has 1 atom stereocenters. The van der Waals surface area contributed by atoms with Gasteiger partial charge >= 0.3 is 12.2 Å². The molecule has 0 spiro atoms. The third kappa shape index (κ3) is 4.87. The number of hydrogen-bond acceptors (Lipinski definition) is 4. The second-order valence-corrected chi connectivity index (χ2v) is 6.25. The van der Waals surface area contributed by atoms with Gasteiger partial charge in [-0.2, -0.15) is 24.9 Å². The molecule has 3 amide bonds. The molecule has 0 radical (unpaired) electrons. The highest BCUT2D eigenvalue weighted by atomic mass is 32.2. The summed E-state index contributed by atoms with van der Waals surface area (Å²) in [6, 6.07) is 3.83. The van der Waals surface area contributed by atoms with Crippen LogP contribution in [-0.4, -0.2) is 41.4 Å². The summed E-state index contributed by atoms with van der Waals surface area (Å²) < 4.78 is 38.6. The van der Waals surface area contributed by atoms with Gasteiger partial charge in [0.25, 0.3) is 0 Å². The van der Waals surface area contributed by atoms with Crippen molar-refractivity contribution in [1.29, 1.82) is 0 Å². The molecular formula is C14H16F3N3O2S. The zero-order valence-electron chi connectivity index (χ0n) is 12.1. The van der Waals surface area contributed by atoms with Crippen molar-refractivity contribution in [2.24, 2.45) is 5.73 Å². The Labute approximate surface area is 135 Å². The van der Waals surface area contributed by atoms with Gasteiger partial charge in [-0.1, -0.05) is 12.1 Å². The summed E-state index contributed by atoms with van der Waals surface area (Å²) in [5.41, 5.74) is 4.68. The van der Waals surface area contributed by atoms with Crippen LogP contribution < -0.4 is 11.1 Å². The summed E-state index contributed by atoms with van der Waals surface area (Å²) in [7, 11) is 0. The summed E-state index contributed by atoms with van der Waals surface area (Å²) >= 11 is 1.61. The van der Waals surface area contributed by atoms with Crippen LogP contribution in [0.2, 0.25) is 0 Å². The highest BCUT2D eigenvalue weighted by Gasteiger charge is 2.32. The van der Waals surface area contributed by atoms with Gasteiger partial charge in [0.2, 0.25) is 5.91 Å². The van der Waals surface area contributed by atoms with Crippen molar-refractivity contribution in [3.05, 3.63) is 35.4 Å². The van der Waals surface area contributed by atoms with Gasteiger partial charge in [0.15, 0.2) is 0 Å². The molecule has 1 saturated heterocycles. The summed E-state index contributed by atoms with van der Waals surface area (Å²) in [5.74, 6) is 0.770. The molecule has 1 heterocycles. The van der Waals surface area contributed by atoms with Crippen LogP contribution in [-0.2, 0) is 11.0 Å². The van der Waals surface area contributed by atoms with Gasteiger partial charge in [-0.05, 0) is 17.7 Å². The number of nitrogens with one attached hydrogen (secondary N) is 1. The fraction of sp³-hybridized carbons (Fsp3) is 0.429. The van der Waals surface area contributed by atoms with Gasteiger partial charge in [0.1, 0.15) is 0 Å². The van der Waals surface area contributed by atoms with E-state index in [-0.39, 0.29) is 12.6 Å². The first-order chi connectivity index (χ1) is 10.8. The van der Waals surface area contributed by atoms with E-state index in [2.05, 4.69) is 0 Å². The largest absolute Gasteiger partial charge is 0.416 e. The van der Waals surface area contributed by atoms with Crippen LogP contribution in [0.3, 0.4) is 0 Å². The smallest absolute Gasteiger partial charge is 0.351 e. The number of rotatable bonds is 3. The van der Waals surface area contributed by atoms with Crippen molar-refractivity contribution in [1.82, 2.24) is 10.2 Å². The number of hydrogen-bond donors (Lipinski definition) is 2. The molecule has 1 aromatic carbocycles. The van der Waals surface area contributed by atoms with Crippen LogP contribution in [0.25, 0.3) is 0 Å². The third-order valence-electron chi connectivity index (χ3n) is 3.45. The number of alkyl halides is 3. The molecule has 0 unspecified atom stereocenters. The predicted octanol–water partition coefficient (Wildman–Crippen LogP) is 1.99. The van der Waals surface area contributed by atoms with Crippen molar-refractivity contribution in [3.8, 4) is 0 Å². The van der Waals surface area contributed by atoms with Crippen molar-refractivity contribution >= 4 is 23.7 Å². The standard InChI is InChI=1S/C14H16F3N3O2S/c15-14(16,17)10-3-1-2-9(6-10)11-8-23-5-4-20(11)7-12(21)19-13(18)22/h1-3,6,11H,4-5,7-8H2,(H3,18,19,21,22)/t11-/m1/s1. The molecule has 1 aliphatic rings. The van der Waals surface area contributed by atoms with Gasteiger partial charge in [0.05, 0.1) is 12.1 Å². The Morgan fingerprint density at radius 2 is 2.13 bits per heavy atom. The van der Waals surface area contributed by atoms with Crippen molar-refractivity contribution in [2.45, 2.75) is 12.2 Å². The normalized spacial score (nSPS) is 19.3. The maximum Gasteiger partial charge on any atom is 0.416 e. The lowest BCUT2D eigenvalue weighted by Gasteiger charge is -2.35. The van der Waals surface area contributed by atoms with Crippen LogP contribution in [0.15, 0.2) is 24.3 Å². The number of carbonyl (C=O) groups is 2. The van der Waals surface area contributed by atoms with Crippen molar-refractivity contribution in [2.75, 3.05) is 24.6 Å². The van der Waals surface area contributed by atoms with E-state index in [1.165, 1.54) is 6.07 Å². The minimum Gasteiger partial charge on any atom is -0.351 e. The molecule has 1 fully saturated rings. The molecule has 3 N–H and O–H groups in total. The molecule has 0 bridgehead atoms. The van der Waals surface area contributed by atoms with Gasteiger partial charge in [0, 0.05) is 24.1 Å². The topological polar surface area (TPSA) is 75.4 Å². The average Bonchev–Trinajstić information content (AvgIpc) is 2.46. The van der Waals surface area contributed by atoms with Gasteiger partial charge in [-0.3, -0.25) is 15.0 Å². The third-order valence-corrected chi connectivity index (χ3v) is 4.47. The fourth-order valence-electron chi connectivity index (χ4n) is 2.42. The summed E-state index contributed by atoms with van der Waals surface area (Å²) in [5, 5.41) is 1.97. The number of amides is 3. The maximum absolute atomic E-state index is 12.9. The van der Waals surface area contributed by atoms with Crippen molar-refractivity contribution in [3.63, 3.8) is 0 Å². The molecule has 5 nitrogen and oxygen atoms in total. The lowest BCUT2D eigenvalue weighted by molar-refractivity contribution is -0.137. The molecular weight excluding hydrogens is 331 g/mol. The molecule has 2 rings (SSSR count). The zero-order chi connectivity index (χ0) is 17.0. The Hall–Kier alpha value is -1.74. The Kier molecular flexibility index (Phi) is 5.53. The number of halogens is 3. The van der Waals surface area contributed by atoms with Gasteiger partial charge in [-0.15, -0.1) is 0 Å². The SMILES string of the molecule is NC(=O)NC(=O)CN1CCSC[C@@H]1c1cccc(C(F)(F)F)c1. The summed E-state index contributed by atoms with van der Waals surface area (Å²) in [6.45, 7) is 0.447. The molecule has 23 heavy (non-hydrogen) atoms. The highest BCUT2D eigenvalue weighted by molar-refractivity contribution is 7.99. The maximum atomic E-state index is 12.9. The molecule has 9 heteroatoms. The number of urea groups is 1. The fourth-order valence-corrected chi connectivity index (χ4v) is 3.57. The van der Waals surface area contributed by atoms with Crippen LogP contribution in [0.5, 0.6) is 0 Å².